The minimum atomic E-state index is -0.767. The number of carbonyl (C=O) groups excluding carboxylic acids is 2. The van der Waals surface area contributed by atoms with Crippen LogP contribution < -0.4 is 5.32 Å². The highest BCUT2D eigenvalue weighted by atomic mass is 35.5. The maximum absolute atomic E-state index is 11.8. The predicted octanol–water partition coefficient (Wildman–Crippen LogP) is 4.49. The van der Waals surface area contributed by atoms with Crippen molar-refractivity contribution in [2.45, 2.75) is 0 Å². The van der Waals surface area contributed by atoms with E-state index < -0.39 is 18.5 Å². The van der Waals surface area contributed by atoms with Gasteiger partial charge >= 0.3 is 5.97 Å². The van der Waals surface area contributed by atoms with Crippen LogP contribution in [0.2, 0.25) is 20.2 Å². The number of hydrogen-bond donors (Lipinski definition) is 1. The summed E-state index contributed by atoms with van der Waals surface area (Å²) in [6, 6.07) is 6.06. The predicted molar refractivity (Wildman–Crippen MR) is 89.6 cm³/mol. The minimum Gasteiger partial charge on any atom is -0.452 e. The quantitative estimate of drug-likeness (QED) is 0.613. The summed E-state index contributed by atoms with van der Waals surface area (Å²) >= 11 is 23.2. The van der Waals surface area contributed by atoms with Crippen LogP contribution in [0.3, 0.4) is 0 Å². The van der Waals surface area contributed by atoms with Crippen LogP contribution >= 0.6 is 46.4 Å². The van der Waals surface area contributed by atoms with Gasteiger partial charge in [0.1, 0.15) is 5.15 Å². The Hall–Kier alpha value is -1.53. The van der Waals surface area contributed by atoms with Crippen LogP contribution in [0.5, 0.6) is 0 Å². The lowest BCUT2D eigenvalue weighted by Crippen LogP contribution is -2.21. The van der Waals surface area contributed by atoms with E-state index in [1.165, 1.54) is 12.3 Å². The number of nitrogens with zero attached hydrogens (tertiary/aromatic N) is 1. The van der Waals surface area contributed by atoms with Gasteiger partial charge in [-0.2, -0.15) is 0 Å². The number of carbonyl (C=O) groups is 2. The molecule has 23 heavy (non-hydrogen) atoms. The third-order valence-corrected chi connectivity index (χ3v) is 3.91. The van der Waals surface area contributed by atoms with E-state index >= 15 is 0 Å². The molecule has 2 aromatic rings. The first-order chi connectivity index (χ1) is 10.9. The third kappa shape index (κ3) is 4.72. The van der Waals surface area contributed by atoms with Crippen LogP contribution in [0, 0.1) is 0 Å². The fourth-order valence-electron chi connectivity index (χ4n) is 1.54. The van der Waals surface area contributed by atoms with Gasteiger partial charge in [0.2, 0.25) is 0 Å². The molecule has 9 heteroatoms. The lowest BCUT2D eigenvalue weighted by molar-refractivity contribution is -0.119. The fraction of sp³-hybridized carbons (Fsp3) is 0.0714. The summed E-state index contributed by atoms with van der Waals surface area (Å²) in [6.45, 7) is -0.527. The highest BCUT2D eigenvalue weighted by molar-refractivity contribution is 6.41. The van der Waals surface area contributed by atoms with E-state index in [0.29, 0.717) is 0 Å². The van der Waals surface area contributed by atoms with Crippen molar-refractivity contribution in [2.24, 2.45) is 0 Å². The highest BCUT2D eigenvalue weighted by Crippen LogP contribution is 2.29. The number of para-hydroxylation sites is 1. The molecule has 0 radical (unpaired) electrons. The average Bonchev–Trinajstić information content (AvgIpc) is 2.51. The van der Waals surface area contributed by atoms with Crippen LogP contribution in [-0.2, 0) is 9.53 Å². The summed E-state index contributed by atoms with van der Waals surface area (Å²) in [5, 5.41) is 3.17. The van der Waals surface area contributed by atoms with Gasteiger partial charge in [-0.25, -0.2) is 9.78 Å². The summed E-state index contributed by atoms with van der Waals surface area (Å²) in [6.07, 6.45) is 1.19. The van der Waals surface area contributed by atoms with Crippen molar-refractivity contribution in [2.75, 3.05) is 11.9 Å². The zero-order valence-corrected chi connectivity index (χ0v) is 14.3. The fourth-order valence-corrected chi connectivity index (χ4v) is 2.30. The normalized spacial score (nSPS) is 10.3. The summed E-state index contributed by atoms with van der Waals surface area (Å²) in [7, 11) is 0. The second-order valence-corrected chi connectivity index (χ2v) is 5.80. The van der Waals surface area contributed by atoms with Gasteiger partial charge in [0.05, 0.1) is 26.3 Å². The summed E-state index contributed by atoms with van der Waals surface area (Å²) < 4.78 is 4.86. The Labute approximate surface area is 151 Å². The number of benzene rings is 1. The van der Waals surface area contributed by atoms with Crippen molar-refractivity contribution in [3.05, 3.63) is 56.2 Å². The van der Waals surface area contributed by atoms with Crippen molar-refractivity contribution in [1.29, 1.82) is 0 Å². The van der Waals surface area contributed by atoms with Gasteiger partial charge in [-0.15, -0.1) is 0 Å². The SMILES string of the molecule is O=C(COC(=O)c1cnc(Cl)c(Cl)c1)Nc1c(Cl)cccc1Cl. The molecule has 2 rings (SSSR count). The number of aromatic nitrogens is 1. The molecule has 0 aliphatic heterocycles. The first-order valence-corrected chi connectivity index (χ1v) is 7.61. The number of amides is 1. The van der Waals surface area contributed by atoms with Crippen molar-refractivity contribution in [3.8, 4) is 0 Å². The molecule has 1 amide bonds. The van der Waals surface area contributed by atoms with E-state index in [0.717, 1.165) is 0 Å². The largest absolute Gasteiger partial charge is 0.452 e. The molecular formula is C14H8Cl4N2O3. The van der Waals surface area contributed by atoms with E-state index in [1.54, 1.807) is 18.2 Å². The number of nitrogens with one attached hydrogen (secondary N) is 1. The standard InChI is InChI=1S/C14H8Cl4N2O3/c15-8-2-1-3-9(16)12(8)20-11(21)6-23-14(22)7-4-10(17)13(18)19-5-7/h1-5H,6H2,(H,20,21). The molecule has 1 N–H and O–H groups in total. The summed E-state index contributed by atoms with van der Waals surface area (Å²) in [4.78, 5) is 27.3. The molecule has 0 aliphatic rings. The number of esters is 1. The Balaban J connectivity index is 1.96. The van der Waals surface area contributed by atoms with Gasteiger partial charge in [-0.05, 0) is 18.2 Å². The Kier molecular flexibility index (Phi) is 6.07. The smallest absolute Gasteiger partial charge is 0.340 e. The van der Waals surface area contributed by atoms with Crippen molar-refractivity contribution >= 4 is 64.0 Å². The maximum Gasteiger partial charge on any atom is 0.340 e. The zero-order valence-electron chi connectivity index (χ0n) is 11.3. The molecule has 1 aromatic heterocycles. The molecule has 0 atom stereocenters. The molecular weight excluding hydrogens is 386 g/mol. The topological polar surface area (TPSA) is 68.3 Å². The Morgan fingerprint density at radius 1 is 1.09 bits per heavy atom. The summed E-state index contributed by atoms with van der Waals surface area (Å²) in [5.74, 6) is -1.36. The summed E-state index contributed by atoms with van der Waals surface area (Å²) in [5.41, 5.74) is 0.316. The van der Waals surface area contributed by atoms with E-state index in [2.05, 4.69) is 10.3 Å². The molecule has 0 fully saturated rings. The first kappa shape index (κ1) is 17.8. The highest BCUT2D eigenvalue weighted by Gasteiger charge is 2.14. The van der Waals surface area contributed by atoms with Crippen LogP contribution in [0.1, 0.15) is 10.4 Å². The molecule has 0 bridgehead atoms. The number of pyridine rings is 1. The number of hydrogen-bond acceptors (Lipinski definition) is 4. The molecule has 0 saturated carbocycles. The monoisotopic (exact) mass is 392 g/mol. The van der Waals surface area contributed by atoms with Gasteiger partial charge in [0.25, 0.3) is 5.91 Å². The third-order valence-electron chi connectivity index (χ3n) is 2.59. The van der Waals surface area contributed by atoms with E-state index in [1.807, 2.05) is 0 Å². The Morgan fingerprint density at radius 2 is 1.74 bits per heavy atom. The lowest BCUT2D eigenvalue weighted by Gasteiger charge is -2.09. The van der Waals surface area contributed by atoms with Crippen LogP contribution in [-0.4, -0.2) is 23.5 Å². The molecule has 1 heterocycles. The maximum atomic E-state index is 11.8. The van der Waals surface area contributed by atoms with Gasteiger partial charge in [0.15, 0.2) is 6.61 Å². The van der Waals surface area contributed by atoms with E-state index in [-0.39, 0.29) is 31.5 Å². The number of ether oxygens (including phenoxy) is 1. The molecule has 5 nitrogen and oxygen atoms in total. The van der Waals surface area contributed by atoms with Gasteiger partial charge in [-0.3, -0.25) is 4.79 Å². The van der Waals surface area contributed by atoms with Crippen molar-refractivity contribution in [3.63, 3.8) is 0 Å². The zero-order chi connectivity index (χ0) is 17.0. The Morgan fingerprint density at radius 3 is 2.35 bits per heavy atom. The molecule has 120 valence electrons. The molecule has 0 spiro atoms. The lowest BCUT2D eigenvalue weighted by atomic mass is 10.3. The molecule has 1 aromatic carbocycles. The van der Waals surface area contributed by atoms with Crippen LogP contribution in [0.25, 0.3) is 0 Å². The minimum absolute atomic E-state index is 0.0642. The van der Waals surface area contributed by atoms with Gasteiger partial charge in [0, 0.05) is 6.20 Å². The van der Waals surface area contributed by atoms with Gasteiger partial charge in [-0.1, -0.05) is 52.5 Å². The number of anilines is 1. The van der Waals surface area contributed by atoms with E-state index in [4.69, 9.17) is 51.1 Å². The number of halogens is 4. The van der Waals surface area contributed by atoms with Crippen LogP contribution in [0.4, 0.5) is 5.69 Å². The van der Waals surface area contributed by atoms with Crippen molar-refractivity contribution < 1.29 is 14.3 Å². The average molecular weight is 394 g/mol. The second kappa shape index (κ2) is 7.84. The molecule has 0 unspecified atom stereocenters. The van der Waals surface area contributed by atoms with Crippen LogP contribution in [0.15, 0.2) is 30.5 Å². The second-order valence-electron chi connectivity index (χ2n) is 4.22. The first-order valence-electron chi connectivity index (χ1n) is 6.10. The molecule has 0 aliphatic carbocycles. The molecule has 0 saturated heterocycles. The van der Waals surface area contributed by atoms with Gasteiger partial charge < -0.3 is 10.1 Å². The Bertz CT molecular complexity index is 747. The van der Waals surface area contributed by atoms with E-state index in [9.17, 15) is 9.59 Å². The number of rotatable bonds is 4. The van der Waals surface area contributed by atoms with Crippen molar-refractivity contribution in [1.82, 2.24) is 4.98 Å².